The molecule has 0 aliphatic carbocycles. The SMILES string of the molecule is O=C(Cc1ccc(-c2ccccc2)cc1)N(Cc1ccco1)C1CCS(=O)(=O)C1. The fourth-order valence-electron chi connectivity index (χ4n) is 3.73. The van der Waals surface area contributed by atoms with Crippen molar-refractivity contribution >= 4 is 15.7 Å². The number of amides is 1. The van der Waals surface area contributed by atoms with Crippen molar-refractivity contribution in [2.24, 2.45) is 0 Å². The molecule has 29 heavy (non-hydrogen) atoms. The molecule has 150 valence electrons. The third-order valence-corrected chi connectivity index (χ3v) is 7.04. The number of hydrogen-bond donors (Lipinski definition) is 0. The van der Waals surface area contributed by atoms with Crippen molar-refractivity contribution in [3.8, 4) is 11.1 Å². The van der Waals surface area contributed by atoms with E-state index in [4.69, 9.17) is 4.42 Å². The molecule has 0 bridgehead atoms. The van der Waals surface area contributed by atoms with E-state index in [-0.39, 0.29) is 36.4 Å². The van der Waals surface area contributed by atoms with Gasteiger partial charge in [0.2, 0.25) is 5.91 Å². The van der Waals surface area contributed by atoms with Crippen LogP contribution in [-0.4, -0.2) is 36.8 Å². The standard InChI is InChI=1S/C23H23NO4S/c25-23(15-18-8-10-20(11-9-18)19-5-2-1-3-6-19)24(16-22-7-4-13-28-22)21-12-14-29(26,27)17-21/h1-11,13,21H,12,14-17H2. The van der Waals surface area contributed by atoms with Crippen LogP contribution in [0.15, 0.2) is 77.4 Å². The highest BCUT2D eigenvalue weighted by Gasteiger charge is 2.35. The Labute approximate surface area is 170 Å². The zero-order chi connectivity index (χ0) is 20.3. The van der Waals surface area contributed by atoms with Crippen LogP contribution in [0.1, 0.15) is 17.7 Å². The van der Waals surface area contributed by atoms with Gasteiger partial charge in [-0.25, -0.2) is 8.42 Å². The van der Waals surface area contributed by atoms with E-state index in [1.165, 1.54) is 0 Å². The predicted octanol–water partition coefficient (Wildman–Crippen LogP) is 3.71. The molecule has 1 aliphatic heterocycles. The van der Waals surface area contributed by atoms with E-state index in [0.29, 0.717) is 12.2 Å². The summed E-state index contributed by atoms with van der Waals surface area (Å²) in [6.45, 7) is 0.286. The molecule has 1 aromatic heterocycles. The normalized spacial score (nSPS) is 17.9. The summed E-state index contributed by atoms with van der Waals surface area (Å²) in [6.07, 6.45) is 2.26. The minimum atomic E-state index is -3.09. The van der Waals surface area contributed by atoms with Crippen LogP contribution >= 0.6 is 0 Å². The first-order chi connectivity index (χ1) is 14.0. The number of rotatable bonds is 6. The Hall–Kier alpha value is -2.86. The van der Waals surface area contributed by atoms with Crippen LogP contribution in [0.3, 0.4) is 0 Å². The molecule has 0 spiro atoms. The Morgan fingerprint density at radius 1 is 0.966 bits per heavy atom. The summed E-state index contributed by atoms with van der Waals surface area (Å²) >= 11 is 0. The van der Waals surface area contributed by atoms with Gasteiger partial charge in [0.25, 0.3) is 0 Å². The van der Waals surface area contributed by atoms with Gasteiger partial charge in [0.1, 0.15) is 5.76 Å². The largest absolute Gasteiger partial charge is 0.467 e. The summed E-state index contributed by atoms with van der Waals surface area (Å²) < 4.78 is 29.3. The lowest BCUT2D eigenvalue weighted by atomic mass is 10.0. The Morgan fingerprint density at radius 2 is 1.69 bits per heavy atom. The Balaban J connectivity index is 1.50. The van der Waals surface area contributed by atoms with Gasteiger partial charge < -0.3 is 9.32 Å². The Morgan fingerprint density at radius 3 is 2.31 bits per heavy atom. The second-order valence-corrected chi connectivity index (χ2v) is 9.63. The van der Waals surface area contributed by atoms with Crippen LogP contribution in [0.25, 0.3) is 11.1 Å². The average molecular weight is 410 g/mol. The zero-order valence-electron chi connectivity index (χ0n) is 16.0. The lowest BCUT2D eigenvalue weighted by Gasteiger charge is -2.27. The van der Waals surface area contributed by atoms with E-state index in [1.54, 1.807) is 23.3 Å². The van der Waals surface area contributed by atoms with Gasteiger partial charge in [-0.3, -0.25) is 4.79 Å². The van der Waals surface area contributed by atoms with Crippen LogP contribution in [-0.2, 0) is 27.6 Å². The predicted molar refractivity (Wildman–Crippen MR) is 112 cm³/mol. The van der Waals surface area contributed by atoms with Gasteiger partial charge in [-0.15, -0.1) is 0 Å². The van der Waals surface area contributed by atoms with E-state index < -0.39 is 9.84 Å². The van der Waals surface area contributed by atoms with Gasteiger partial charge in [-0.2, -0.15) is 0 Å². The molecule has 1 saturated heterocycles. The first-order valence-corrected chi connectivity index (χ1v) is 11.5. The summed E-state index contributed by atoms with van der Waals surface area (Å²) in [7, 11) is -3.09. The smallest absolute Gasteiger partial charge is 0.227 e. The van der Waals surface area contributed by atoms with Gasteiger partial charge >= 0.3 is 0 Å². The third-order valence-electron chi connectivity index (χ3n) is 5.29. The van der Waals surface area contributed by atoms with Crippen LogP contribution < -0.4 is 0 Å². The molecule has 1 unspecified atom stereocenters. The monoisotopic (exact) mass is 409 g/mol. The van der Waals surface area contributed by atoms with E-state index in [0.717, 1.165) is 16.7 Å². The summed E-state index contributed by atoms with van der Waals surface area (Å²) in [6, 6.07) is 21.3. The van der Waals surface area contributed by atoms with Crippen molar-refractivity contribution < 1.29 is 17.6 Å². The van der Waals surface area contributed by atoms with Gasteiger partial charge in [0, 0.05) is 6.04 Å². The molecule has 2 aromatic carbocycles. The topological polar surface area (TPSA) is 67.6 Å². The van der Waals surface area contributed by atoms with Crippen molar-refractivity contribution in [2.45, 2.75) is 25.4 Å². The quantitative estimate of drug-likeness (QED) is 0.623. The molecule has 1 atom stereocenters. The highest BCUT2D eigenvalue weighted by molar-refractivity contribution is 7.91. The first-order valence-electron chi connectivity index (χ1n) is 9.67. The summed E-state index contributed by atoms with van der Waals surface area (Å²) in [5.74, 6) is 0.718. The molecular formula is C23H23NO4S. The van der Waals surface area contributed by atoms with Gasteiger partial charge in [0.15, 0.2) is 9.84 Å². The maximum atomic E-state index is 13.1. The average Bonchev–Trinajstić information content (AvgIpc) is 3.36. The van der Waals surface area contributed by atoms with Gasteiger partial charge in [0.05, 0.1) is 30.7 Å². The number of carbonyl (C=O) groups excluding carboxylic acids is 1. The second-order valence-electron chi connectivity index (χ2n) is 7.40. The second kappa shape index (κ2) is 8.25. The van der Waals surface area contributed by atoms with E-state index in [1.807, 2.05) is 54.6 Å². The number of benzene rings is 2. The van der Waals surface area contributed by atoms with Crippen LogP contribution in [0, 0.1) is 0 Å². The highest BCUT2D eigenvalue weighted by Crippen LogP contribution is 2.23. The fourth-order valence-corrected chi connectivity index (χ4v) is 5.47. The van der Waals surface area contributed by atoms with Crippen LogP contribution in [0.5, 0.6) is 0 Å². The third kappa shape index (κ3) is 4.77. The van der Waals surface area contributed by atoms with Crippen LogP contribution in [0.4, 0.5) is 0 Å². The lowest BCUT2D eigenvalue weighted by molar-refractivity contribution is -0.133. The minimum absolute atomic E-state index is 0.0202. The maximum absolute atomic E-state index is 13.1. The molecule has 2 heterocycles. The highest BCUT2D eigenvalue weighted by atomic mass is 32.2. The van der Waals surface area contributed by atoms with Crippen molar-refractivity contribution in [1.82, 2.24) is 4.90 Å². The molecule has 0 saturated carbocycles. The molecule has 0 N–H and O–H groups in total. The van der Waals surface area contributed by atoms with Crippen molar-refractivity contribution in [3.05, 3.63) is 84.3 Å². The van der Waals surface area contributed by atoms with E-state index in [2.05, 4.69) is 0 Å². The minimum Gasteiger partial charge on any atom is -0.467 e. The number of nitrogens with zero attached hydrogens (tertiary/aromatic N) is 1. The number of hydrogen-bond acceptors (Lipinski definition) is 4. The van der Waals surface area contributed by atoms with Crippen LogP contribution in [0.2, 0.25) is 0 Å². The molecule has 1 aliphatic rings. The Kier molecular flexibility index (Phi) is 5.53. The van der Waals surface area contributed by atoms with E-state index >= 15 is 0 Å². The number of carbonyl (C=O) groups is 1. The van der Waals surface area contributed by atoms with Crippen molar-refractivity contribution in [3.63, 3.8) is 0 Å². The first kappa shape index (κ1) is 19.5. The number of furan rings is 1. The molecule has 3 aromatic rings. The summed E-state index contributed by atoms with van der Waals surface area (Å²) in [4.78, 5) is 14.7. The molecule has 6 heteroatoms. The summed E-state index contributed by atoms with van der Waals surface area (Å²) in [5.41, 5.74) is 3.12. The van der Waals surface area contributed by atoms with Gasteiger partial charge in [-0.05, 0) is 35.2 Å². The molecular weight excluding hydrogens is 386 g/mol. The molecule has 1 amide bonds. The molecule has 1 fully saturated rings. The molecule has 0 radical (unpaired) electrons. The van der Waals surface area contributed by atoms with Crippen molar-refractivity contribution in [1.29, 1.82) is 0 Å². The van der Waals surface area contributed by atoms with Crippen molar-refractivity contribution in [2.75, 3.05) is 11.5 Å². The Bertz CT molecular complexity index is 1060. The molecule has 4 rings (SSSR count). The molecule has 5 nitrogen and oxygen atoms in total. The lowest BCUT2D eigenvalue weighted by Crippen LogP contribution is -2.41. The number of sulfone groups is 1. The zero-order valence-corrected chi connectivity index (χ0v) is 16.8. The summed E-state index contributed by atoms with van der Waals surface area (Å²) in [5, 5.41) is 0. The maximum Gasteiger partial charge on any atom is 0.227 e. The van der Waals surface area contributed by atoms with E-state index in [9.17, 15) is 13.2 Å². The van der Waals surface area contributed by atoms with Gasteiger partial charge in [-0.1, -0.05) is 54.6 Å². The fraction of sp³-hybridized carbons (Fsp3) is 0.261.